The lowest BCUT2D eigenvalue weighted by atomic mass is 9.74. The van der Waals surface area contributed by atoms with Crippen molar-refractivity contribution in [3.63, 3.8) is 0 Å². The highest BCUT2D eigenvalue weighted by Crippen LogP contribution is 2.36. The van der Waals surface area contributed by atoms with Crippen LogP contribution in [0.1, 0.15) is 64.7 Å². The fourth-order valence-corrected chi connectivity index (χ4v) is 5.17. The van der Waals surface area contributed by atoms with Crippen LogP contribution in [0.3, 0.4) is 0 Å². The maximum Gasteiger partial charge on any atom is 0.317 e. The molecule has 0 aromatic carbocycles. The van der Waals surface area contributed by atoms with E-state index in [0.29, 0.717) is 12.3 Å². The normalized spacial score (nSPS) is 27.7. The summed E-state index contributed by atoms with van der Waals surface area (Å²) in [5.74, 6) is 2.40. The monoisotopic (exact) mass is 401 g/mol. The summed E-state index contributed by atoms with van der Waals surface area (Å²) in [6.07, 6.45) is 18.5. The van der Waals surface area contributed by atoms with E-state index in [1.54, 1.807) is 0 Å². The fourth-order valence-electron chi connectivity index (χ4n) is 5.17. The van der Waals surface area contributed by atoms with E-state index >= 15 is 0 Å². The van der Waals surface area contributed by atoms with Gasteiger partial charge in [-0.1, -0.05) is 31.2 Å². The van der Waals surface area contributed by atoms with Gasteiger partial charge in [0.15, 0.2) is 0 Å². The van der Waals surface area contributed by atoms with Crippen LogP contribution in [0.15, 0.2) is 24.3 Å². The van der Waals surface area contributed by atoms with Crippen LogP contribution < -0.4 is 5.32 Å². The largest absolute Gasteiger partial charge is 0.343 e. The lowest BCUT2D eigenvalue weighted by Gasteiger charge is -2.37. The number of nitrogens with one attached hydrogen (secondary N) is 1. The number of amides is 3. The van der Waals surface area contributed by atoms with Gasteiger partial charge in [0.05, 0.1) is 0 Å². The Morgan fingerprint density at radius 1 is 1.07 bits per heavy atom. The molecule has 1 unspecified atom stereocenters. The predicted octanol–water partition coefficient (Wildman–Crippen LogP) is 4.36. The Bertz CT molecular complexity index is 599. The molecule has 0 aromatic heterocycles. The van der Waals surface area contributed by atoms with Gasteiger partial charge in [-0.25, -0.2) is 4.79 Å². The number of allylic oxidation sites excluding steroid dienone is 4. The topological polar surface area (TPSA) is 52.7 Å². The van der Waals surface area contributed by atoms with Gasteiger partial charge in [-0.2, -0.15) is 0 Å². The van der Waals surface area contributed by atoms with Crippen molar-refractivity contribution >= 4 is 11.9 Å². The van der Waals surface area contributed by atoms with Crippen LogP contribution in [0.25, 0.3) is 0 Å². The fraction of sp³-hybridized carbons (Fsp3) is 0.750. The molecule has 3 aliphatic rings. The number of carbonyl (C=O) groups is 2. The van der Waals surface area contributed by atoms with Crippen molar-refractivity contribution in [2.45, 2.75) is 70.8 Å². The zero-order valence-corrected chi connectivity index (χ0v) is 18.3. The third kappa shape index (κ3) is 6.10. The highest BCUT2D eigenvalue weighted by Gasteiger charge is 2.29. The molecule has 162 valence electrons. The Balaban J connectivity index is 1.34. The highest BCUT2D eigenvalue weighted by atomic mass is 16.2. The maximum atomic E-state index is 12.6. The summed E-state index contributed by atoms with van der Waals surface area (Å²) < 4.78 is 0. The van der Waals surface area contributed by atoms with Gasteiger partial charge in [-0.15, -0.1) is 0 Å². The van der Waals surface area contributed by atoms with Crippen molar-refractivity contribution < 1.29 is 9.59 Å². The zero-order valence-electron chi connectivity index (χ0n) is 18.3. The van der Waals surface area contributed by atoms with Gasteiger partial charge in [0.2, 0.25) is 5.91 Å². The van der Waals surface area contributed by atoms with E-state index in [1.165, 1.54) is 32.1 Å². The first-order valence-corrected chi connectivity index (χ1v) is 11.7. The first-order chi connectivity index (χ1) is 14.1. The quantitative estimate of drug-likeness (QED) is 0.719. The van der Waals surface area contributed by atoms with E-state index < -0.39 is 0 Å². The minimum atomic E-state index is 0.0470. The summed E-state index contributed by atoms with van der Waals surface area (Å²) in [6.45, 7) is 4.38. The molecule has 0 bridgehead atoms. The summed E-state index contributed by atoms with van der Waals surface area (Å²) in [4.78, 5) is 28.5. The van der Waals surface area contributed by atoms with E-state index in [9.17, 15) is 9.59 Å². The molecular formula is C24H39N3O2. The Morgan fingerprint density at radius 3 is 2.41 bits per heavy atom. The van der Waals surface area contributed by atoms with Crippen LogP contribution in [0, 0.1) is 17.8 Å². The van der Waals surface area contributed by atoms with Gasteiger partial charge >= 0.3 is 6.03 Å². The summed E-state index contributed by atoms with van der Waals surface area (Å²) >= 11 is 0. The van der Waals surface area contributed by atoms with Crippen LogP contribution in [0.4, 0.5) is 4.79 Å². The number of piperidine rings is 1. The number of rotatable bonds is 6. The zero-order chi connectivity index (χ0) is 20.6. The molecule has 1 heterocycles. The molecule has 29 heavy (non-hydrogen) atoms. The van der Waals surface area contributed by atoms with Gasteiger partial charge in [0, 0.05) is 39.1 Å². The molecule has 5 nitrogen and oxygen atoms in total. The molecule has 1 saturated carbocycles. The lowest BCUT2D eigenvalue weighted by Crippen LogP contribution is -2.50. The molecule has 0 radical (unpaired) electrons. The molecule has 1 aliphatic heterocycles. The van der Waals surface area contributed by atoms with Crippen LogP contribution in [-0.2, 0) is 4.79 Å². The molecule has 3 amide bonds. The third-order valence-electron chi connectivity index (χ3n) is 7.20. The summed E-state index contributed by atoms with van der Waals surface area (Å²) in [5, 5.41) is 3.18. The van der Waals surface area contributed by atoms with Crippen molar-refractivity contribution in [1.29, 1.82) is 0 Å². The van der Waals surface area contributed by atoms with Crippen molar-refractivity contribution in [2.24, 2.45) is 17.8 Å². The molecule has 3 rings (SSSR count). The summed E-state index contributed by atoms with van der Waals surface area (Å²) in [6, 6.07) is 0.286. The average Bonchev–Trinajstić information content (AvgIpc) is 2.78. The molecule has 5 heteroatoms. The minimum absolute atomic E-state index is 0.0470. The lowest BCUT2D eigenvalue weighted by molar-refractivity contribution is -0.132. The molecule has 0 aromatic rings. The maximum absolute atomic E-state index is 12.6. The van der Waals surface area contributed by atoms with Crippen molar-refractivity contribution in [2.75, 3.05) is 26.7 Å². The van der Waals surface area contributed by atoms with E-state index in [2.05, 4.69) is 29.6 Å². The summed E-state index contributed by atoms with van der Waals surface area (Å²) in [7, 11) is 1.91. The first kappa shape index (κ1) is 21.9. The molecular weight excluding hydrogens is 362 g/mol. The van der Waals surface area contributed by atoms with E-state index in [0.717, 1.165) is 50.7 Å². The number of urea groups is 1. The van der Waals surface area contributed by atoms with Crippen molar-refractivity contribution in [1.82, 2.24) is 15.1 Å². The predicted molar refractivity (Wildman–Crippen MR) is 118 cm³/mol. The van der Waals surface area contributed by atoms with Crippen LogP contribution in [-0.4, -0.2) is 54.5 Å². The van der Waals surface area contributed by atoms with Crippen molar-refractivity contribution in [3.8, 4) is 0 Å². The number of hydrogen-bond acceptors (Lipinski definition) is 2. The van der Waals surface area contributed by atoms with Gasteiger partial charge in [-0.3, -0.25) is 4.79 Å². The Kier molecular flexibility index (Phi) is 8.19. The number of nitrogens with zero attached hydrogens (tertiary/aromatic N) is 2. The second-order valence-electron chi connectivity index (χ2n) is 9.15. The molecule has 1 saturated heterocycles. The number of hydrogen-bond donors (Lipinski definition) is 1. The Morgan fingerprint density at radius 2 is 1.79 bits per heavy atom. The number of carbonyl (C=O) groups excluding carboxylic acids is 2. The second-order valence-corrected chi connectivity index (χ2v) is 9.15. The average molecular weight is 402 g/mol. The van der Waals surface area contributed by atoms with Gasteiger partial charge < -0.3 is 15.1 Å². The van der Waals surface area contributed by atoms with E-state index in [4.69, 9.17) is 0 Å². The van der Waals surface area contributed by atoms with Gasteiger partial charge in [0.25, 0.3) is 0 Å². The standard InChI is InChI=1S/C24H39N3O2/c1-3-7-23(28)27-16-14-22(15-17-27)26(2)24(29)25-18-19-10-12-21(13-11-19)20-8-5-4-6-9-20/h4-6,8,19-22H,3,7,9-18H2,1-2H3,(H,25,29). The van der Waals surface area contributed by atoms with E-state index in [1.807, 2.05) is 23.8 Å². The van der Waals surface area contributed by atoms with Crippen LogP contribution in [0.2, 0.25) is 0 Å². The SMILES string of the molecule is CCCC(=O)N1CCC(N(C)C(=O)NCC2CCC(C3C=CC=CC3)CC2)CC1. The molecule has 0 spiro atoms. The van der Waals surface area contributed by atoms with Gasteiger partial charge in [0.1, 0.15) is 0 Å². The molecule has 2 aliphatic carbocycles. The van der Waals surface area contributed by atoms with Crippen molar-refractivity contribution in [3.05, 3.63) is 24.3 Å². The molecule has 1 N–H and O–H groups in total. The summed E-state index contributed by atoms with van der Waals surface area (Å²) in [5.41, 5.74) is 0. The molecule has 2 fully saturated rings. The Labute approximate surface area is 176 Å². The van der Waals surface area contributed by atoms with Gasteiger partial charge in [-0.05, 0) is 69.1 Å². The Hall–Kier alpha value is -1.78. The number of likely N-dealkylation sites (tertiary alicyclic amines) is 1. The third-order valence-corrected chi connectivity index (χ3v) is 7.20. The smallest absolute Gasteiger partial charge is 0.317 e. The molecule has 1 atom stereocenters. The first-order valence-electron chi connectivity index (χ1n) is 11.7. The minimum Gasteiger partial charge on any atom is -0.343 e. The second kappa shape index (κ2) is 10.8. The van der Waals surface area contributed by atoms with E-state index in [-0.39, 0.29) is 18.0 Å². The van der Waals surface area contributed by atoms with Crippen LogP contribution >= 0.6 is 0 Å². The highest BCUT2D eigenvalue weighted by molar-refractivity contribution is 5.76. The van der Waals surface area contributed by atoms with Crippen LogP contribution in [0.5, 0.6) is 0 Å².